The maximum atomic E-state index is 12.7. The van der Waals surface area contributed by atoms with Gasteiger partial charge in [-0.25, -0.2) is 8.78 Å². The highest BCUT2D eigenvalue weighted by Gasteiger charge is 2.45. The molecule has 0 radical (unpaired) electrons. The second-order valence-electron chi connectivity index (χ2n) is 3.53. The Hall–Kier alpha value is -0.850. The van der Waals surface area contributed by atoms with E-state index in [1.54, 1.807) is 0 Å². The molecule has 0 spiro atoms. The molecule has 7 heteroatoms. The van der Waals surface area contributed by atoms with E-state index in [0.29, 0.717) is 6.42 Å². The van der Waals surface area contributed by atoms with Crippen molar-refractivity contribution in [3.8, 4) is 0 Å². The van der Waals surface area contributed by atoms with Crippen molar-refractivity contribution in [3.05, 3.63) is 0 Å². The molecular weight excluding hydrogens is 218 g/mol. The van der Waals surface area contributed by atoms with Crippen LogP contribution in [0.25, 0.3) is 0 Å². The van der Waals surface area contributed by atoms with Gasteiger partial charge in [0, 0.05) is 0 Å². The van der Waals surface area contributed by atoms with Crippen molar-refractivity contribution in [2.45, 2.75) is 31.2 Å². The quantitative estimate of drug-likeness (QED) is 0.741. The summed E-state index contributed by atoms with van der Waals surface area (Å²) >= 11 is 0. The maximum absolute atomic E-state index is 12.7. The number of rotatable bonds is 4. The second-order valence-corrected chi connectivity index (χ2v) is 3.53. The lowest BCUT2D eigenvalue weighted by Crippen LogP contribution is -2.46. The standard InChI is InChI=1S/C8H11F4NO2/c9-7(10)8(11,12)4-13-3-1-2-5(13)6(14)15/h5,7H,1-4H2,(H,14,15)/t5-/m0/s1. The lowest BCUT2D eigenvalue weighted by Gasteiger charge is -2.25. The summed E-state index contributed by atoms with van der Waals surface area (Å²) in [5, 5.41) is 8.65. The van der Waals surface area contributed by atoms with E-state index >= 15 is 0 Å². The number of likely N-dealkylation sites (tertiary alicyclic amines) is 1. The summed E-state index contributed by atoms with van der Waals surface area (Å²) < 4.78 is 49.0. The van der Waals surface area contributed by atoms with Crippen LogP contribution in [-0.2, 0) is 4.79 Å². The fourth-order valence-corrected chi connectivity index (χ4v) is 1.63. The minimum atomic E-state index is -4.14. The van der Waals surface area contributed by atoms with Gasteiger partial charge < -0.3 is 5.11 Å². The maximum Gasteiger partial charge on any atom is 0.320 e. The van der Waals surface area contributed by atoms with Crippen molar-refractivity contribution in [1.29, 1.82) is 0 Å². The molecule has 0 aliphatic carbocycles. The largest absolute Gasteiger partial charge is 0.480 e. The van der Waals surface area contributed by atoms with Crippen LogP contribution in [-0.4, -0.2) is 47.5 Å². The lowest BCUT2D eigenvalue weighted by atomic mass is 10.2. The van der Waals surface area contributed by atoms with E-state index in [4.69, 9.17) is 5.11 Å². The Kier molecular flexibility index (Phi) is 3.54. The highest BCUT2D eigenvalue weighted by Crippen LogP contribution is 2.28. The van der Waals surface area contributed by atoms with Gasteiger partial charge in [-0.2, -0.15) is 8.78 Å². The number of hydrogen-bond acceptors (Lipinski definition) is 2. The smallest absolute Gasteiger partial charge is 0.320 e. The average molecular weight is 229 g/mol. The Morgan fingerprint density at radius 2 is 2.13 bits per heavy atom. The van der Waals surface area contributed by atoms with Crippen LogP contribution in [0.15, 0.2) is 0 Å². The van der Waals surface area contributed by atoms with Crippen LogP contribution in [0.2, 0.25) is 0 Å². The van der Waals surface area contributed by atoms with Gasteiger partial charge in [0.2, 0.25) is 0 Å². The Bertz CT molecular complexity index is 247. The van der Waals surface area contributed by atoms with Gasteiger partial charge in [-0.15, -0.1) is 0 Å². The van der Waals surface area contributed by atoms with Gasteiger partial charge in [0.1, 0.15) is 6.04 Å². The van der Waals surface area contributed by atoms with Gasteiger partial charge in [-0.3, -0.25) is 9.69 Å². The summed E-state index contributed by atoms with van der Waals surface area (Å²) in [7, 11) is 0. The van der Waals surface area contributed by atoms with Crippen molar-refractivity contribution in [3.63, 3.8) is 0 Å². The number of aliphatic carboxylic acids is 1. The average Bonchev–Trinajstić information content (AvgIpc) is 2.51. The highest BCUT2D eigenvalue weighted by molar-refractivity contribution is 5.73. The lowest BCUT2D eigenvalue weighted by molar-refractivity contribution is -0.155. The van der Waals surface area contributed by atoms with Crippen LogP contribution < -0.4 is 0 Å². The van der Waals surface area contributed by atoms with Gasteiger partial charge in [-0.1, -0.05) is 0 Å². The first kappa shape index (κ1) is 12.2. The van der Waals surface area contributed by atoms with Crippen LogP contribution in [0.5, 0.6) is 0 Å². The molecule has 1 atom stereocenters. The molecule has 88 valence electrons. The molecular formula is C8H11F4NO2. The van der Waals surface area contributed by atoms with Gasteiger partial charge in [0.25, 0.3) is 0 Å². The zero-order valence-electron chi connectivity index (χ0n) is 7.80. The van der Waals surface area contributed by atoms with Crippen molar-refractivity contribution in [2.24, 2.45) is 0 Å². The molecule has 1 fully saturated rings. The first-order valence-corrected chi connectivity index (χ1v) is 4.47. The second kappa shape index (κ2) is 4.34. The molecule has 3 nitrogen and oxygen atoms in total. The third-order valence-electron chi connectivity index (χ3n) is 2.38. The Labute approximate surface area is 83.7 Å². The first-order chi connectivity index (χ1) is 6.84. The minimum absolute atomic E-state index is 0.124. The number of carbonyl (C=O) groups is 1. The topological polar surface area (TPSA) is 40.5 Å². The van der Waals surface area contributed by atoms with Gasteiger partial charge in [0.15, 0.2) is 0 Å². The van der Waals surface area contributed by atoms with Crippen LogP contribution >= 0.6 is 0 Å². The number of nitrogens with zero attached hydrogens (tertiary/aromatic N) is 1. The minimum Gasteiger partial charge on any atom is -0.480 e. The molecule has 1 aliphatic heterocycles. The molecule has 1 saturated heterocycles. The van der Waals surface area contributed by atoms with Gasteiger partial charge in [0.05, 0.1) is 6.54 Å². The van der Waals surface area contributed by atoms with Crippen molar-refractivity contribution >= 4 is 5.97 Å². The summed E-state index contributed by atoms with van der Waals surface area (Å²) in [6.45, 7) is -1.07. The Morgan fingerprint density at radius 1 is 1.53 bits per heavy atom. The number of hydrogen-bond donors (Lipinski definition) is 1. The fraction of sp³-hybridized carbons (Fsp3) is 0.875. The fourth-order valence-electron chi connectivity index (χ4n) is 1.63. The summed E-state index contributed by atoms with van der Waals surface area (Å²) in [6.07, 6.45) is -3.09. The number of carboxylic acids is 1. The van der Waals surface area contributed by atoms with Crippen LogP contribution in [0.1, 0.15) is 12.8 Å². The molecule has 0 aromatic carbocycles. The number of carboxylic acid groups (broad SMARTS) is 1. The summed E-state index contributed by atoms with van der Waals surface area (Å²) in [6, 6.07) is -1.06. The van der Waals surface area contributed by atoms with Crippen LogP contribution in [0.4, 0.5) is 17.6 Å². The summed E-state index contributed by atoms with van der Waals surface area (Å²) in [5.74, 6) is -5.38. The third-order valence-corrected chi connectivity index (χ3v) is 2.38. The molecule has 15 heavy (non-hydrogen) atoms. The number of halogens is 4. The molecule has 1 rings (SSSR count). The van der Waals surface area contributed by atoms with Crippen molar-refractivity contribution < 1.29 is 27.5 Å². The Morgan fingerprint density at radius 3 is 2.60 bits per heavy atom. The van der Waals surface area contributed by atoms with Crippen molar-refractivity contribution in [2.75, 3.05) is 13.1 Å². The molecule has 0 bridgehead atoms. The van der Waals surface area contributed by atoms with E-state index in [-0.39, 0.29) is 13.0 Å². The monoisotopic (exact) mass is 229 g/mol. The third kappa shape index (κ3) is 2.80. The zero-order valence-corrected chi connectivity index (χ0v) is 7.80. The molecule has 0 saturated carbocycles. The number of alkyl halides is 4. The zero-order chi connectivity index (χ0) is 11.6. The van der Waals surface area contributed by atoms with E-state index in [0.717, 1.165) is 4.90 Å². The highest BCUT2D eigenvalue weighted by atomic mass is 19.3. The predicted octanol–water partition coefficient (Wildman–Crippen LogP) is 1.44. The predicted molar refractivity (Wildman–Crippen MR) is 43.2 cm³/mol. The van der Waals surface area contributed by atoms with E-state index in [2.05, 4.69) is 0 Å². The molecule has 0 amide bonds. The van der Waals surface area contributed by atoms with Gasteiger partial charge >= 0.3 is 18.3 Å². The molecule has 1 heterocycles. The Balaban J connectivity index is 2.61. The molecule has 1 N–H and O–H groups in total. The van der Waals surface area contributed by atoms with E-state index in [1.807, 2.05) is 0 Å². The first-order valence-electron chi connectivity index (χ1n) is 4.47. The molecule has 0 aromatic heterocycles. The van der Waals surface area contributed by atoms with Crippen LogP contribution in [0, 0.1) is 0 Å². The van der Waals surface area contributed by atoms with E-state index in [1.165, 1.54) is 0 Å². The normalized spacial score (nSPS) is 23.7. The van der Waals surface area contributed by atoms with Crippen molar-refractivity contribution in [1.82, 2.24) is 4.90 Å². The SMILES string of the molecule is O=C(O)[C@@H]1CCCN1CC(F)(F)C(F)F. The molecule has 0 aromatic rings. The van der Waals surface area contributed by atoms with Gasteiger partial charge in [-0.05, 0) is 19.4 Å². The molecule has 1 aliphatic rings. The summed E-state index contributed by atoms with van der Waals surface area (Å²) in [4.78, 5) is 11.5. The molecule has 0 unspecified atom stereocenters. The van der Waals surface area contributed by atoms with Crippen LogP contribution in [0.3, 0.4) is 0 Å². The summed E-state index contributed by atoms with van der Waals surface area (Å²) in [5.41, 5.74) is 0. The van der Waals surface area contributed by atoms with E-state index in [9.17, 15) is 22.4 Å². The van der Waals surface area contributed by atoms with E-state index < -0.39 is 30.9 Å².